The van der Waals surface area contributed by atoms with Gasteiger partial charge in [0.1, 0.15) is 11.5 Å². The summed E-state index contributed by atoms with van der Waals surface area (Å²) in [5.41, 5.74) is -0.150. The first kappa shape index (κ1) is 14.4. The molecule has 0 unspecified atom stereocenters. The van der Waals surface area contributed by atoms with Crippen LogP contribution in [-0.4, -0.2) is 41.2 Å². The maximum absolute atomic E-state index is 12.1. The third kappa shape index (κ3) is 2.94. The lowest BCUT2D eigenvalue weighted by Crippen LogP contribution is -2.17. The van der Waals surface area contributed by atoms with E-state index in [4.69, 9.17) is 14.6 Å². The number of nitrogens with one attached hydrogen (secondary N) is 2. The summed E-state index contributed by atoms with van der Waals surface area (Å²) in [5, 5.41) is 11.5. The van der Waals surface area contributed by atoms with Crippen LogP contribution >= 0.6 is 0 Å². The van der Waals surface area contributed by atoms with E-state index in [1.54, 1.807) is 18.2 Å². The van der Waals surface area contributed by atoms with Gasteiger partial charge in [0.05, 0.1) is 26.2 Å². The predicted octanol–water partition coefficient (Wildman–Crippen LogP) is 1.38. The summed E-state index contributed by atoms with van der Waals surface area (Å²) < 4.78 is 10.2. The Hall–Kier alpha value is -3.03. The number of imidazole rings is 1. The summed E-state index contributed by atoms with van der Waals surface area (Å²) >= 11 is 0. The molecule has 0 spiro atoms. The second-order valence-corrected chi connectivity index (χ2v) is 3.95. The molecular weight excluding hydrogens is 278 g/mol. The number of carbonyl (C=O) groups is 2. The summed E-state index contributed by atoms with van der Waals surface area (Å²) in [6.45, 7) is 0. The number of hydrogen-bond donors (Lipinski definition) is 3. The predicted molar refractivity (Wildman–Crippen MR) is 73.0 cm³/mol. The molecule has 0 saturated heterocycles. The minimum Gasteiger partial charge on any atom is -0.497 e. The van der Waals surface area contributed by atoms with Crippen molar-refractivity contribution in [3.05, 3.63) is 35.9 Å². The normalized spacial score (nSPS) is 10.0. The number of carboxylic acid groups (broad SMARTS) is 1. The van der Waals surface area contributed by atoms with Crippen LogP contribution in [0.3, 0.4) is 0 Å². The topological polar surface area (TPSA) is 114 Å². The van der Waals surface area contributed by atoms with Crippen LogP contribution in [-0.2, 0) is 0 Å². The Bertz CT molecular complexity index is 680. The quantitative estimate of drug-likeness (QED) is 0.766. The van der Waals surface area contributed by atoms with Crippen molar-refractivity contribution in [3.63, 3.8) is 0 Å². The number of rotatable bonds is 5. The molecule has 0 aliphatic rings. The van der Waals surface area contributed by atoms with Crippen LogP contribution in [0.25, 0.3) is 0 Å². The Morgan fingerprint density at radius 2 is 2.05 bits per heavy atom. The number of methoxy groups -OCH3 is 2. The van der Waals surface area contributed by atoms with E-state index in [1.807, 2.05) is 0 Å². The number of carbonyl (C=O) groups excluding carboxylic acids is 1. The van der Waals surface area contributed by atoms with Crippen molar-refractivity contribution in [2.24, 2.45) is 0 Å². The second kappa shape index (κ2) is 5.95. The van der Waals surface area contributed by atoms with Crippen molar-refractivity contribution >= 4 is 17.6 Å². The highest BCUT2D eigenvalue weighted by molar-refractivity contribution is 6.09. The number of carboxylic acids is 1. The molecule has 3 N–H and O–H groups in total. The zero-order chi connectivity index (χ0) is 15.4. The fourth-order valence-corrected chi connectivity index (χ4v) is 1.72. The lowest BCUT2D eigenvalue weighted by Gasteiger charge is -2.11. The van der Waals surface area contributed by atoms with Crippen molar-refractivity contribution in [3.8, 4) is 11.5 Å². The average molecular weight is 291 g/mol. The molecule has 2 aromatic rings. The molecule has 0 atom stereocenters. The van der Waals surface area contributed by atoms with Gasteiger partial charge in [-0.05, 0) is 12.1 Å². The van der Waals surface area contributed by atoms with Gasteiger partial charge in [-0.25, -0.2) is 9.78 Å². The molecule has 1 aromatic heterocycles. The smallest absolute Gasteiger partial charge is 0.354 e. The number of amides is 1. The molecule has 8 heteroatoms. The zero-order valence-corrected chi connectivity index (χ0v) is 11.3. The fourth-order valence-electron chi connectivity index (χ4n) is 1.72. The van der Waals surface area contributed by atoms with Gasteiger partial charge < -0.3 is 24.9 Å². The molecule has 0 aliphatic carbocycles. The van der Waals surface area contributed by atoms with Gasteiger partial charge in [0.15, 0.2) is 11.4 Å². The Balaban J connectivity index is 2.30. The average Bonchev–Trinajstić information content (AvgIpc) is 2.96. The lowest BCUT2D eigenvalue weighted by atomic mass is 10.2. The van der Waals surface area contributed by atoms with Crippen molar-refractivity contribution < 1.29 is 24.2 Å². The number of ether oxygens (including phenoxy) is 2. The van der Waals surface area contributed by atoms with E-state index in [2.05, 4.69) is 15.3 Å². The molecule has 0 bridgehead atoms. The molecule has 110 valence electrons. The van der Waals surface area contributed by atoms with Crippen LogP contribution in [0.4, 0.5) is 5.69 Å². The van der Waals surface area contributed by atoms with Crippen molar-refractivity contribution in [2.75, 3.05) is 19.5 Å². The first-order valence-electron chi connectivity index (χ1n) is 5.87. The summed E-state index contributed by atoms with van der Waals surface area (Å²) in [4.78, 5) is 29.2. The highest BCUT2D eigenvalue weighted by atomic mass is 16.5. The van der Waals surface area contributed by atoms with E-state index < -0.39 is 11.9 Å². The number of aromatic carboxylic acids is 1. The van der Waals surface area contributed by atoms with E-state index in [0.29, 0.717) is 17.2 Å². The van der Waals surface area contributed by atoms with Gasteiger partial charge in [-0.15, -0.1) is 0 Å². The zero-order valence-electron chi connectivity index (χ0n) is 11.3. The SMILES string of the molecule is COc1ccc(OC)c(NC(=O)c2nc[nH]c2C(=O)O)c1. The van der Waals surface area contributed by atoms with Crippen LogP contribution < -0.4 is 14.8 Å². The standard InChI is InChI=1S/C13H13N3O5/c1-20-7-3-4-9(21-2)8(5-7)16-12(17)10-11(13(18)19)15-6-14-10/h3-6H,1-2H3,(H,14,15)(H,16,17)(H,18,19). The Labute approximate surface area is 119 Å². The van der Waals surface area contributed by atoms with E-state index in [9.17, 15) is 9.59 Å². The molecule has 8 nitrogen and oxygen atoms in total. The number of nitrogens with zero attached hydrogens (tertiary/aromatic N) is 1. The van der Waals surface area contributed by atoms with Gasteiger partial charge in [0.25, 0.3) is 5.91 Å². The van der Waals surface area contributed by atoms with Crippen LogP contribution in [0.15, 0.2) is 24.5 Å². The van der Waals surface area contributed by atoms with E-state index in [1.165, 1.54) is 14.2 Å². The van der Waals surface area contributed by atoms with Crippen molar-refractivity contribution in [1.29, 1.82) is 0 Å². The van der Waals surface area contributed by atoms with Crippen LogP contribution in [0.1, 0.15) is 21.0 Å². The van der Waals surface area contributed by atoms with Gasteiger partial charge in [-0.3, -0.25) is 4.79 Å². The molecule has 0 radical (unpaired) electrons. The molecule has 0 aliphatic heterocycles. The summed E-state index contributed by atoms with van der Waals surface area (Å²) in [6, 6.07) is 4.85. The number of benzene rings is 1. The molecule has 0 fully saturated rings. The maximum atomic E-state index is 12.1. The Morgan fingerprint density at radius 3 is 2.67 bits per heavy atom. The lowest BCUT2D eigenvalue weighted by molar-refractivity contribution is 0.0686. The van der Waals surface area contributed by atoms with Gasteiger partial charge in [-0.1, -0.05) is 0 Å². The van der Waals surface area contributed by atoms with E-state index in [0.717, 1.165) is 6.33 Å². The number of aromatic amines is 1. The monoisotopic (exact) mass is 291 g/mol. The van der Waals surface area contributed by atoms with E-state index >= 15 is 0 Å². The fraction of sp³-hybridized carbons (Fsp3) is 0.154. The second-order valence-electron chi connectivity index (χ2n) is 3.95. The van der Waals surface area contributed by atoms with Gasteiger partial charge in [-0.2, -0.15) is 0 Å². The summed E-state index contributed by atoms with van der Waals surface area (Å²) in [6.07, 6.45) is 1.14. The molecule has 2 rings (SSSR count). The molecule has 0 saturated carbocycles. The van der Waals surface area contributed by atoms with Crippen LogP contribution in [0, 0.1) is 0 Å². The summed E-state index contributed by atoms with van der Waals surface area (Å²) in [5.74, 6) is -1.00. The van der Waals surface area contributed by atoms with E-state index in [-0.39, 0.29) is 11.4 Å². The summed E-state index contributed by atoms with van der Waals surface area (Å²) in [7, 11) is 2.94. The Kier molecular flexibility index (Phi) is 4.07. The number of hydrogen-bond acceptors (Lipinski definition) is 5. The molecule has 1 amide bonds. The first-order chi connectivity index (χ1) is 10.1. The van der Waals surface area contributed by atoms with Gasteiger partial charge >= 0.3 is 5.97 Å². The third-order valence-corrected chi connectivity index (χ3v) is 2.72. The number of anilines is 1. The third-order valence-electron chi connectivity index (χ3n) is 2.72. The minimum atomic E-state index is -1.27. The van der Waals surface area contributed by atoms with Crippen LogP contribution in [0.2, 0.25) is 0 Å². The van der Waals surface area contributed by atoms with Crippen LogP contribution in [0.5, 0.6) is 11.5 Å². The minimum absolute atomic E-state index is 0.215. The highest BCUT2D eigenvalue weighted by Crippen LogP contribution is 2.29. The largest absolute Gasteiger partial charge is 0.497 e. The van der Waals surface area contributed by atoms with Gasteiger partial charge in [0.2, 0.25) is 0 Å². The first-order valence-corrected chi connectivity index (χ1v) is 5.87. The van der Waals surface area contributed by atoms with Crippen molar-refractivity contribution in [1.82, 2.24) is 9.97 Å². The number of H-pyrrole nitrogens is 1. The van der Waals surface area contributed by atoms with Gasteiger partial charge in [0, 0.05) is 6.07 Å². The molecule has 21 heavy (non-hydrogen) atoms. The Morgan fingerprint density at radius 1 is 1.29 bits per heavy atom. The molecule has 1 heterocycles. The van der Waals surface area contributed by atoms with Crippen molar-refractivity contribution in [2.45, 2.75) is 0 Å². The molecule has 1 aromatic carbocycles. The maximum Gasteiger partial charge on any atom is 0.354 e. The molecular formula is C13H13N3O5. The number of aromatic nitrogens is 2. The highest BCUT2D eigenvalue weighted by Gasteiger charge is 2.20.